The molecule has 0 amide bonds. The molecule has 106 valence electrons. The Morgan fingerprint density at radius 2 is 2.00 bits per heavy atom. The molecular formula is C11H15NO6S. The summed E-state index contributed by atoms with van der Waals surface area (Å²) in [6.07, 6.45) is 2.77. The van der Waals surface area contributed by atoms with Gasteiger partial charge in [-0.3, -0.25) is 0 Å². The van der Waals surface area contributed by atoms with Crippen molar-refractivity contribution in [2.45, 2.75) is 36.3 Å². The molecule has 0 aliphatic heterocycles. The van der Waals surface area contributed by atoms with Crippen LogP contribution in [0.4, 0.5) is 0 Å². The first-order chi connectivity index (χ1) is 8.88. The smallest absolute Gasteiger partial charge is 0.371 e. The van der Waals surface area contributed by atoms with Crippen LogP contribution in [0.2, 0.25) is 0 Å². The molecule has 0 saturated heterocycles. The van der Waals surface area contributed by atoms with Crippen LogP contribution in [0.3, 0.4) is 0 Å². The molecule has 1 fully saturated rings. The minimum atomic E-state index is -3.97. The van der Waals surface area contributed by atoms with E-state index in [4.69, 9.17) is 9.52 Å². The normalized spacial score (nSPS) is 18.6. The van der Waals surface area contributed by atoms with E-state index < -0.39 is 32.4 Å². The number of aliphatic hydroxyl groups excluding tert-OH is 1. The average Bonchev–Trinajstić information content (AvgIpc) is 2.96. The van der Waals surface area contributed by atoms with E-state index >= 15 is 0 Å². The maximum Gasteiger partial charge on any atom is 0.371 e. The molecule has 0 bridgehead atoms. The van der Waals surface area contributed by atoms with Gasteiger partial charge in [-0.25, -0.2) is 17.9 Å². The summed E-state index contributed by atoms with van der Waals surface area (Å²) in [6.45, 7) is -0.293. The summed E-state index contributed by atoms with van der Waals surface area (Å²) in [5.41, 5.74) is -0.866. The van der Waals surface area contributed by atoms with E-state index in [1.807, 2.05) is 0 Å². The van der Waals surface area contributed by atoms with Crippen LogP contribution >= 0.6 is 0 Å². The van der Waals surface area contributed by atoms with Crippen molar-refractivity contribution < 1.29 is 27.8 Å². The number of hydrogen-bond acceptors (Lipinski definition) is 5. The quantitative estimate of drug-likeness (QED) is 0.729. The highest BCUT2D eigenvalue weighted by atomic mass is 32.2. The zero-order chi connectivity index (χ0) is 14.1. The van der Waals surface area contributed by atoms with Gasteiger partial charge >= 0.3 is 5.97 Å². The van der Waals surface area contributed by atoms with Gasteiger partial charge in [0.05, 0.1) is 12.1 Å². The first kappa shape index (κ1) is 14.0. The summed E-state index contributed by atoms with van der Waals surface area (Å²) in [4.78, 5) is 10.7. The van der Waals surface area contributed by atoms with E-state index in [0.717, 1.165) is 25.0 Å². The highest BCUT2D eigenvalue weighted by molar-refractivity contribution is 7.89. The Balaban J connectivity index is 2.24. The van der Waals surface area contributed by atoms with Gasteiger partial charge in [-0.05, 0) is 25.0 Å². The van der Waals surface area contributed by atoms with Gasteiger partial charge in [-0.1, -0.05) is 12.8 Å². The number of carboxylic acid groups (broad SMARTS) is 1. The van der Waals surface area contributed by atoms with Crippen molar-refractivity contribution in [2.75, 3.05) is 6.61 Å². The van der Waals surface area contributed by atoms with Crippen molar-refractivity contribution >= 4 is 16.0 Å². The van der Waals surface area contributed by atoms with Crippen molar-refractivity contribution in [1.82, 2.24) is 4.72 Å². The first-order valence-electron chi connectivity index (χ1n) is 5.87. The maximum absolute atomic E-state index is 12.1. The standard InChI is InChI=1S/C11H15NO6S/c13-7-11(5-1-2-6-11)12-19(16,17)9-4-3-8(18-9)10(14)15/h3-4,12-13H,1-2,5-7H2,(H,14,15). The van der Waals surface area contributed by atoms with E-state index in [1.165, 1.54) is 0 Å². The van der Waals surface area contributed by atoms with Crippen molar-refractivity contribution in [3.63, 3.8) is 0 Å². The number of carboxylic acids is 1. The molecule has 1 aromatic rings. The van der Waals surface area contributed by atoms with Gasteiger partial charge in [0.1, 0.15) is 0 Å². The summed E-state index contributed by atoms with van der Waals surface area (Å²) >= 11 is 0. The number of carbonyl (C=O) groups is 1. The van der Waals surface area contributed by atoms with Crippen molar-refractivity contribution in [3.05, 3.63) is 17.9 Å². The van der Waals surface area contributed by atoms with Crippen LogP contribution in [0.15, 0.2) is 21.6 Å². The lowest BCUT2D eigenvalue weighted by molar-refractivity contribution is 0.0656. The van der Waals surface area contributed by atoms with Gasteiger partial charge in [-0.15, -0.1) is 0 Å². The Bertz CT molecular complexity index is 570. The molecule has 1 aliphatic carbocycles. The van der Waals surface area contributed by atoms with Gasteiger partial charge < -0.3 is 14.6 Å². The highest BCUT2D eigenvalue weighted by Gasteiger charge is 2.38. The Labute approximate surface area is 110 Å². The Morgan fingerprint density at radius 3 is 2.47 bits per heavy atom. The number of hydrogen-bond donors (Lipinski definition) is 3. The molecule has 8 heteroatoms. The lowest BCUT2D eigenvalue weighted by Crippen LogP contribution is -2.48. The fraction of sp³-hybridized carbons (Fsp3) is 0.545. The monoisotopic (exact) mass is 289 g/mol. The van der Waals surface area contributed by atoms with Gasteiger partial charge in [0.2, 0.25) is 10.9 Å². The van der Waals surface area contributed by atoms with E-state index in [2.05, 4.69) is 4.72 Å². The van der Waals surface area contributed by atoms with E-state index in [0.29, 0.717) is 12.8 Å². The van der Waals surface area contributed by atoms with Gasteiger partial charge in [0.25, 0.3) is 10.0 Å². The minimum absolute atomic E-state index is 0.293. The summed E-state index contributed by atoms with van der Waals surface area (Å²) < 4.78 is 31.4. The lowest BCUT2D eigenvalue weighted by atomic mass is 10.0. The lowest BCUT2D eigenvalue weighted by Gasteiger charge is -2.26. The van der Waals surface area contributed by atoms with Gasteiger partial charge in [0.15, 0.2) is 0 Å². The van der Waals surface area contributed by atoms with Crippen molar-refractivity contribution in [2.24, 2.45) is 0 Å². The van der Waals surface area contributed by atoms with Gasteiger partial charge in [-0.2, -0.15) is 0 Å². The van der Waals surface area contributed by atoms with Crippen LogP contribution in [0, 0.1) is 0 Å². The Hall–Kier alpha value is -1.38. The Morgan fingerprint density at radius 1 is 1.37 bits per heavy atom. The fourth-order valence-electron chi connectivity index (χ4n) is 2.26. The minimum Gasteiger partial charge on any atom is -0.475 e. The third-order valence-electron chi connectivity index (χ3n) is 3.27. The van der Waals surface area contributed by atoms with Crippen molar-refractivity contribution in [3.8, 4) is 0 Å². The number of sulfonamides is 1. The molecule has 0 atom stereocenters. The van der Waals surface area contributed by atoms with E-state index in [9.17, 15) is 18.3 Å². The average molecular weight is 289 g/mol. The topological polar surface area (TPSA) is 117 Å². The first-order valence-corrected chi connectivity index (χ1v) is 7.35. The third-order valence-corrected chi connectivity index (χ3v) is 4.72. The summed E-state index contributed by atoms with van der Waals surface area (Å²) in [7, 11) is -3.97. The van der Waals surface area contributed by atoms with Crippen LogP contribution in [0.5, 0.6) is 0 Å². The number of rotatable bonds is 5. The van der Waals surface area contributed by atoms with Crippen LogP contribution in [0.25, 0.3) is 0 Å². The van der Waals surface area contributed by atoms with Gasteiger partial charge in [0, 0.05) is 0 Å². The molecule has 0 aromatic carbocycles. The second-order valence-electron chi connectivity index (χ2n) is 4.67. The second kappa shape index (κ2) is 4.95. The van der Waals surface area contributed by atoms with Crippen LogP contribution in [-0.2, 0) is 10.0 Å². The molecule has 7 nitrogen and oxygen atoms in total. The second-order valence-corrected chi connectivity index (χ2v) is 6.29. The molecule has 1 heterocycles. The maximum atomic E-state index is 12.1. The van der Waals surface area contributed by atoms with Crippen LogP contribution in [0.1, 0.15) is 36.2 Å². The molecule has 1 aromatic heterocycles. The summed E-state index contributed by atoms with van der Waals surface area (Å²) in [6, 6.07) is 2.17. The SMILES string of the molecule is O=C(O)c1ccc(S(=O)(=O)NC2(CO)CCCC2)o1. The molecule has 19 heavy (non-hydrogen) atoms. The molecule has 0 unspecified atom stereocenters. The number of furan rings is 1. The van der Waals surface area contributed by atoms with Crippen LogP contribution in [-0.4, -0.2) is 36.7 Å². The van der Waals surface area contributed by atoms with E-state index in [1.54, 1.807) is 0 Å². The molecular weight excluding hydrogens is 274 g/mol. The molecule has 0 spiro atoms. The third kappa shape index (κ3) is 2.80. The fourth-order valence-corrected chi connectivity index (χ4v) is 3.65. The number of aliphatic hydroxyl groups is 1. The largest absolute Gasteiger partial charge is 0.475 e. The predicted molar refractivity (Wildman–Crippen MR) is 64.3 cm³/mol. The molecule has 2 rings (SSSR count). The zero-order valence-electron chi connectivity index (χ0n) is 10.1. The highest BCUT2D eigenvalue weighted by Crippen LogP contribution is 2.31. The zero-order valence-corrected chi connectivity index (χ0v) is 10.9. The Kier molecular flexibility index (Phi) is 3.66. The summed E-state index contributed by atoms with van der Waals surface area (Å²) in [5, 5.41) is 17.6. The number of aromatic carboxylic acids is 1. The molecule has 1 aliphatic rings. The van der Waals surface area contributed by atoms with E-state index in [-0.39, 0.29) is 6.61 Å². The van der Waals surface area contributed by atoms with Crippen molar-refractivity contribution in [1.29, 1.82) is 0 Å². The molecule has 1 saturated carbocycles. The summed E-state index contributed by atoms with van der Waals surface area (Å²) in [5.74, 6) is -1.77. The molecule has 0 radical (unpaired) electrons. The molecule has 3 N–H and O–H groups in total. The number of nitrogens with one attached hydrogen (secondary N) is 1. The predicted octanol–water partition coefficient (Wildman–Crippen LogP) is 0.561. The van der Waals surface area contributed by atoms with Crippen LogP contribution < -0.4 is 4.72 Å².